The van der Waals surface area contributed by atoms with Crippen LogP contribution in [0.1, 0.15) is 24.9 Å². The van der Waals surface area contributed by atoms with Gasteiger partial charge in [0.1, 0.15) is 0 Å². The summed E-state index contributed by atoms with van der Waals surface area (Å²) in [7, 11) is 1.57. The zero-order chi connectivity index (χ0) is 11.3. The molecule has 1 aromatic rings. The molecule has 0 aromatic heterocycles. The summed E-state index contributed by atoms with van der Waals surface area (Å²) in [5, 5.41) is 1.12. The maximum absolute atomic E-state index is 5.93. The summed E-state index contributed by atoms with van der Waals surface area (Å²) in [6, 6.07) is 5.62. The van der Waals surface area contributed by atoms with Crippen LogP contribution in [0.4, 0.5) is 0 Å². The quantitative estimate of drug-likeness (QED) is 0.578. The van der Waals surface area contributed by atoms with Gasteiger partial charge in [-0.1, -0.05) is 36.2 Å². The topological polar surface area (TPSA) is 21.6 Å². The summed E-state index contributed by atoms with van der Waals surface area (Å²) < 4.78 is 4.80. The van der Waals surface area contributed by atoms with Gasteiger partial charge >= 0.3 is 0 Å². The zero-order valence-electron chi connectivity index (χ0n) is 8.71. The highest BCUT2D eigenvalue weighted by atomic mass is 35.5. The first kappa shape index (κ1) is 12.3. The first-order chi connectivity index (χ1) is 7.19. The molecule has 0 amide bonds. The highest BCUT2D eigenvalue weighted by Gasteiger charge is 2.08. The lowest BCUT2D eigenvalue weighted by Crippen LogP contribution is -1.95. The number of hydrogen-bond acceptors (Lipinski definition) is 2. The lowest BCUT2D eigenvalue weighted by molar-refractivity contribution is 0.417. The van der Waals surface area contributed by atoms with E-state index in [-0.39, 0.29) is 6.04 Å². The molecule has 0 heterocycles. The minimum Gasteiger partial charge on any atom is -0.487 e. The van der Waals surface area contributed by atoms with Gasteiger partial charge in [0.15, 0.2) is 6.40 Å². The number of benzene rings is 1. The summed E-state index contributed by atoms with van der Waals surface area (Å²) in [5.74, 6) is 0. The van der Waals surface area contributed by atoms with Crippen molar-refractivity contribution in [2.75, 3.05) is 7.11 Å². The van der Waals surface area contributed by atoms with E-state index in [4.69, 9.17) is 27.9 Å². The average molecular weight is 246 g/mol. The first-order valence-corrected chi connectivity index (χ1v) is 5.44. The molecule has 0 aliphatic carbocycles. The number of halogens is 2. The fourth-order valence-electron chi connectivity index (χ4n) is 1.28. The van der Waals surface area contributed by atoms with Gasteiger partial charge in [-0.25, -0.2) is 0 Å². The number of rotatable bonds is 4. The van der Waals surface area contributed by atoms with E-state index in [0.29, 0.717) is 10.0 Å². The molecule has 0 spiro atoms. The Kier molecular flexibility index (Phi) is 4.92. The second kappa shape index (κ2) is 5.99. The van der Waals surface area contributed by atoms with Gasteiger partial charge in [0.25, 0.3) is 0 Å². The maximum Gasteiger partial charge on any atom is 0.169 e. The van der Waals surface area contributed by atoms with Gasteiger partial charge in [-0.2, -0.15) is 0 Å². The molecule has 1 unspecified atom stereocenters. The third-order valence-corrected chi connectivity index (χ3v) is 2.80. The van der Waals surface area contributed by atoms with E-state index in [9.17, 15) is 0 Å². The van der Waals surface area contributed by atoms with Gasteiger partial charge in [-0.3, -0.25) is 4.99 Å². The molecule has 1 atom stereocenters. The lowest BCUT2D eigenvalue weighted by Gasteiger charge is -2.10. The molecule has 0 saturated heterocycles. The standard InChI is InChI=1S/C11H13Cl2NO/c1-3-11(14-7-15-2)8-4-5-9(12)10(13)6-8/h4-7,11H,3H2,1-2H3/b14-7-. The molecule has 0 N–H and O–H groups in total. The molecular formula is C11H13Cl2NO. The Hall–Kier alpha value is -0.730. The number of hydrogen-bond donors (Lipinski definition) is 0. The minimum absolute atomic E-state index is 0.0692. The van der Waals surface area contributed by atoms with Crippen LogP contribution in [0.2, 0.25) is 10.0 Å². The van der Waals surface area contributed by atoms with Crippen LogP contribution in [-0.2, 0) is 4.74 Å². The van der Waals surface area contributed by atoms with Crippen LogP contribution < -0.4 is 0 Å². The third kappa shape index (κ3) is 3.40. The Bertz CT molecular complexity index is 352. The summed E-state index contributed by atoms with van der Waals surface area (Å²) >= 11 is 11.8. The molecule has 0 aliphatic heterocycles. The van der Waals surface area contributed by atoms with E-state index in [1.807, 2.05) is 12.1 Å². The van der Waals surface area contributed by atoms with E-state index in [1.165, 1.54) is 6.40 Å². The highest BCUT2D eigenvalue weighted by molar-refractivity contribution is 6.42. The summed E-state index contributed by atoms with van der Waals surface area (Å²) in [6.07, 6.45) is 2.33. The Morgan fingerprint density at radius 2 is 2.13 bits per heavy atom. The SMILES string of the molecule is CCC(/N=C\OC)c1ccc(Cl)c(Cl)c1. The van der Waals surface area contributed by atoms with Crippen LogP contribution in [0, 0.1) is 0 Å². The number of nitrogens with zero attached hydrogens (tertiary/aromatic N) is 1. The molecular weight excluding hydrogens is 233 g/mol. The molecule has 1 aromatic carbocycles. The Morgan fingerprint density at radius 1 is 1.40 bits per heavy atom. The minimum atomic E-state index is 0.0692. The van der Waals surface area contributed by atoms with E-state index in [2.05, 4.69) is 11.9 Å². The molecule has 0 aliphatic rings. The molecule has 2 nitrogen and oxygen atoms in total. The number of methoxy groups -OCH3 is 1. The van der Waals surface area contributed by atoms with Gasteiger partial charge in [-0.05, 0) is 24.1 Å². The van der Waals surface area contributed by atoms with Crippen molar-refractivity contribution in [2.45, 2.75) is 19.4 Å². The largest absolute Gasteiger partial charge is 0.487 e. The lowest BCUT2D eigenvalue weighted by atomic mass is 10.1. The van der Waals surface area contributed by atoms with E-state index in [1.54, 1.807) is 13.2 Å². The van der Waals surface area contributed by atoms with Gasteiger partial charge in [0, 0.05) is 0 Å². The van der Waals surface area contributed by atoms with Crippen molar-refractivity contribution >= 4 is 29.6 Å². The van der Waals surface area contributed by atoms with Gasteiger partial charge in [0.05, 0.1) is 23.2 Å². The van der Waals surface area contributed by atoms with E-state index in [0.717, 1.165) is 12.0 Å². The molecule has 4 heteroatoms. The van der Waals surface area contributed by atoms with Gasteiger partial charge in [0.2, 0.25) is 0 Å². The summed E-state index contributed by atoms with van der Waals surface area (Å²) in [5.41, 5.74) is 1.04. The molecule has 1 rings (SSSR count). The van der Waals surface area contributed by atoms with Crippen LogP contribution in [0.15, 0.2) is 23.2 Å². The molecule has 0 saturated carbocycles. The van der Waals surface area contributed by atoms with Crippen molar-refractivity contribution in [3.8, 4) is 0 Å². The fraction of sp³-hybridized carbons (Fsp3) is 0.364. The van der Waals surface area contributed by atoms with Crippen LogP contribution in [0.5, 0.6) is 0 Å². The predicted octanol–water partition coefficient (Wildman–Crippen LogP) is 4.12. The van der Waals surface area contributed by atoms with Crippen molar-refractivity contribution in [2.24, 2.45) is 4.99 Å². The molecule has 0 radical (unpaired) electrons. The Labute approximate surface area is 99.9 Å². The van der Waals surface area contributed by atoms with Crippen molar-refractivity contribution < 1.29 is 4.74 Å². The number of aliphatic imine (C=N–C) groups is 1. The van der Waals surface area contributed by atoms with Gasteiger partial charge < -0.3 is 4.74 Å². The smallest absolute Gasteiger partial charge is 0.169 e. The molecule has 0 bridgehead atoms. The van der Waals surface area contributed by atoms with Crippen molar-refractivity contribution in [3.05, 3.63) is 33.8 Å². The summed E-state index contributed by atoms with van der Waals surface area (Å²) in [4.78, 5) is 4.25. The Morgan fingerprint density at radius 3 is 2.67 bits per heavy atom. The van der Waals surface area contributed by atoms with E-state index < -0.39 is 0 Å². The van der Waals surface area contributed by atoms with Crippen molar-refractivity contribution in [1.82, 2.24) is 0 Å². The number of ether oxygens (including phenoxy) is 1. The second-order valence-electron chi connectivity index (χ2n) is 3.09. The zero-order valence-corrected chi connectivity index (χ0v) is 10.2. The normalized spacial score (nSPS) is 13.1. The van der Waals surface area contributed by atoms with E-state index >= 15 is 0 Å². The monoisotopic (exact) mass is 245 g/mol. The van der Waals surface area contributed by atoms with Crippen LogP contribution in [-0.4, -0.2) is 13.5 Å². The van der Waals surface area contributed by atoms with Crippen LogP contribution in [0.3, 0.4) is 0 Å². The maximum atomic E-state index is 5.93. The predicted molar refractivity (Wildman–Crippen MR) is 65.0 cm³/mol. The summed E-state index contributed by atoms with van der Waals surface area (Å²) in [6.45, 7) is 2.06. The Balaban J connectivity index is 2.92. The van der Waals surface area contributed by atoms with Crippen LogP contribution in [0.25, 0.3) is 0 Å². The third-order valence-electron chi connectivity index (χ3n) is 2.06. The molecule has 0 fully saturated rings. The van der Waals surface area contributed by atoms with Gasteiger partial charge in [-0.15, -0.1) is 0 Å². The average Bonchev–Trinajstić information content (AvgIpc) is 2.24. The van der Waals surface area contributed by atoms with Crippen molar-refractivity contribution in [1.29, 1.82) is 0 Å². The molecule has 82 valence electrons. The molecule has 15 heavy (non-hydrogen) atoms. The van der Waals surface area contributed by atoms with Crippen molar-refractivity contribution in [3.63, 3.8) is 0 Å². The highest BCUT2D eigenvalue weighted by Crippen LogP contribution is 2.28. The second-order valence-corrected chi connectivity index (χ2v) is 3.90. The fourth-order valence-corrected chi connectivity index (χ4v) is 1.59. The first-order valence-electron chi connectivity index (χ1n) is 4.68. The van der Waals surface area contributed by atoms with Crippen LogP contribution >= 0.6 is 23.2 Å².